The van der Waals surface area contributed by atoms with E-state index in [-0.39, 0.29) is 18.9 Å². The van der Waals surface area contributed by atoms with Crippen molar-refractivity contribution in [2.24, 2.45) is 0 Å². The zero-order chi connectivity index (χ0) is 15.6. The fourth-order valence-corrected chi connectivity index (χ4v) is 2.82. The van der Waals surface area contributed by atoms with Crippen molar-refractivity contribution in [3.8, 4) is 0 Å². The number of benzene rings is 2. The van der Waals surface area contributed by atoms with E-state index in [0.29, 0.717) is 18.6 Å². The molecule has 2 aromatic carbocycles. The molecule has 5 heteroatoms. The molecule has 1 saturated heterocycles. The zero-order valence-electron chi connectivity index (χ0n) is 12.0. The third-order valence-electron chi connectivity index (χ3n) is 3.98. The Morgan fingerprint density at radius 1 is 1.18 bits per heavy atom. The second-order valence-corrected chi connectivity index (χ2v) is 5.67. The average molecular weight is 299 g/mol. The van der Waals surface area contributed by atoms with E-state index in [1.807, 2.05) is 36.4 Å². The minimum absolute atomic E-state index is 0.133. The van der Waals surface area contributed by atoms with Crippen LogP contribution in [0.2, 0.25) is 0 Å². The Balaban J connectivity index is 1.83. The van der Waals surface area contributed by atoms with Gasteiger partial charge in [-0.15, -0.1) is 0 Å². The van der Waals surface area contributed by atoms with Gasteiger partial charge in [-0.3, -0.25) is 9.59 Å². The lowest BCUT2D eigenvalue weighted by Crippen LogP contribution is -2.50. The first kappa shape index (κ1) is 14.5. The van der Waals surface area contributed by atoms with Crippen LogP contribution in [0, 0.1) is 0 Å². The van der Waals surface area contributed by atoms with Crippen molar-refractivity contribution >= 4 is 22.6 Å². The summed E-state index contributed by atoms with van der Waals surface area (Å²) in [4.78, 5) is 23.5. The van der Waals surface area contributed by atoms with Crippen LogP contribution >= 0.6 is 0 Å². The predicted octanol–water partition coefficient (Wildman–Crippen LogP) is 2.20. The van der Waals surface area contributed by atoms with Gasteiger partial charge in [-0.05, 0) is 29.3 Å². The van der Waals surface area contributed by atoms with Crippen molar-refractivity contribution in [3.63, 3.8) is 0 Å². The minimum atomic E-state index is -0.940. The van der Waals surface area contributed by atoms with Gasteiger partial charge in [-0.1, -0.05) is 30.3 Å². The Labute approximate surface area is 127 Å². The quantitative estimate of drug-likeness (QED) is 0.907. The van der Waals surface area contributed by atoms with Gasteiger partial charge in [0, 0.05) is 12.2 Å². The summed E-state index contributed by atoms with van der Waals surface area (Å²) in [5, 5.41) is 14.0. The van der Waals surface area contributed by atoms with Gasteiger partial charge in [0.2, 0.25) is 0 Å². The number of carbonyl (C=O) groups is 2. The fraction of sp³-hybridized carbons (Fsp3) is 0.294. The number of nitrogens with one attached hydrogen (secondary N) is 1. The third kappa shape index (κ3) is 2.94. The Morgan fingerprint density at radius 2 is 1.95 bits per heavy atom. The second-order valence-electron chi connectivity index (χ2n) is 5.67. The molecule has 0 radical (unpaired) electrons. The topological polar surface area (TPSA) is 75.6 Å². The number of carboxylic acid groups (broad SMARTS) is 1. The van der Waals surface area contributed by atoms with Gasteiger partial charge in [0.05, 0.1) is 18.6 Å². The maximum atomic E-state index is 12.5. The van der Waals surface area contributed by atoms with E-state index in [4.69, 9.17) is 9.84 Å². The standard InChI is InChI=1S/C17H17NO4/c19-15(20)10-17(7-8-22-11-17)18-16(21)14-6-5-12-3-1-2-4-13(12)9-14/h1-6,9H,7-8,10-11H2,(H,18,21)(H,19,20). The van der Waals surface area contributed by atoms with Crippen LogP contribution in [0.3, 0.4) is 0 Å². The van der Waals surface area contributed by atoms with Crippen molar-refractivity contribution in [2.45, 2.75) is 18.4 Å². The van der Waals surface area contributed by atoms with E-state index < -0.39 is 11.5 Å². The monoisotopic (exact) mass is 299 g/mol. The van der Waals surface area contributed by atoms with Gasteiger partial charge in [0.1, 0.15) is 0 Å². The Morgan fingerprint density at radius 3 is 2.64 bits per heavy atom. The van der Waals surface area contributed by atoms with Gasteiger partial charge in [-0.2, -0.15) is 0 Å². The number of amides is 1. The summed E-state index contributed by atoms with van der Waals surface area (Å²) in [6.07, 6.45) is 0.380. The lowest BCUT2D eigenvalue weighted by atomic mass is 9.93. The molecule has 0 bridgehead atoms. The van der Waals surface area contributed by atoms with Crippen LogP contribution in [-0.2, 0) is 9.53 Å². The number of fused-ring (bicyclic) bond motifs is 1. The summed E-state index contributed by atoms with van der Waals surface area (Å²) in [7, 11) is 0. The summed E-state index contributed by atoms with van der Waals surface area (Å²) in [6, 6.07) is 13.2. The van der Waals surface area contributed by atoms with Gasteiger partial charge in [0.25, 0.3) is 5.91 Å². The summed E-state index contributed by atoms with van der Waals surface area (Å²) in [5.41, 5.74) is -0.287. The van der Waals surface area contributed by atoms with E-state index in [9.17, 15) is 9.59 Å². The van der Waals surface area contributed by atoms with Gasteiger partial charge in [-0.25, -0.2) is 0 Å². The van der Waals surface area contributed by atoms with Crippen molar-refractivity contribution in [3.05, 3.63) is 48.0 Å². The molecule has 0 saturated carbocycles. The average Bonchev–Trinajstić information content (AvgIpc) is 2.94. The lowest BCUT2D eigenvalue weighted by Gasteiger charge is -2.27. The lowest BCUT2D eigenvalue weighted by molar-refractivity contribution is -0.138. The summed E-state index contributed by atoms with van der Waals surface area (Å²) >= 11 is 0. The maximum absolute atomic E-state index is 12.5. The molecule has 114 valence electrons. The van der Waals surface area contributed by atoms with Crippen LogP contribution in [0.15, 0.2) is 42.5 Å². The molecule has 1 unspecified atom stereocenters. The van der Waals surface area contributed by atoms with Crippen molar-refractivity contribution in [2.75, 3.05) is 13.2 Å². The highest BCUT2D eigenvalue weighted by atomic mass is 16.5. The van der Waals surface area contributed by atoms with E-state index in [0.717, 1.165) is 10.8 Å². The molecule has 2 aromatic rings. The molecule has 1 heterocycles. The first-order chi connectivity index (χ1) is 10.6. The largest absolute Gasteiger partial charge is 0.481 e. The van der Waals surface area contributed by atoms with Gasteiger partial charge in [0.15, 0.2) is 0 Å². The minimum Gasteiger partial charge on any atom is -0.481 e. The van der Waals surface area contributed by atoms with Crippen LogP contribution in [-0.4, -0.2) is 35.7 Å². The number of hydrogen-bond donors (Lipinski definition) is 2. The third-order valence-corrected chi connectivity index (χ3v) is 3.98. The fourth-order valence-electron chi connectivity index (χ4n) is 2.82. The molecule has 0 spiro atoms. The van der Waals surface area contributed by atoms with E-state index in [1.54, 1.807) is 6.07 Å². The highest BCUT2D eigenvalue weighted by Crippen LogP contribution is 2.24. The second kappa shape index (κ2) is 5.77. The molecule has 2 N–H and O–H groups in total. The molecule has 1 aliphatic heterocycles. The summed E-state index contributed by atoms with van der Waals surface area (Å²) < 4.78 is 5.29. The predicted molar refractivity (Wildman–Crippen MR) is 81.8 cm³/mol. The molecule has 1 aliphatic rings. The van der Waals surface area contributed by atoms with E-state index >= 15 is 0 Å². The first-order valence-corrected chi connectivity index (χ1v) is 7.19. The molecular weight excluding hydrogens is 282 g/mol. The SMILES string of the molecule is O=C(O)CC1(NC(=O)c2ccc3ccccc3c2)CCOC1. The Hall–Kier alpha value is -2.40. The van der Waals surface area contributed by atoms with Gasteiger partial charge >= 0.3 is 5.97 Å². The van der Waals surface area contributed by atoms with E-state index in [1.165, 1.54) is 0 Å². The molecule has 5 nitrogen and oxygen atoms in total. The number of carbonyl (C=O) groups excluding carboxylic acids is 1. The van der Waals surface area contributed by atoms with E-state index in [2.05, 4.69) is 5.32 Å². The Bertz CT molecular complexity index is 719. The zero-order valence-corrected chi connectivity index (χ0v) is 12.0. The maximum Gasteiger partial charge on any atom is 0.305 e. The highest BCUT2D eigenvalue weighted by molar-refractivity contribution is 5.99. The first-order valence-electron chi connectivity index (χ1n) is 7.19. The van der Waals surface area contributed by atoms with Crippen LogP contribution in [0.1, 0.15) is 23.2 Å². The molecule has 1 amide bonds. The molecular formula is C17H17NO4. The van der Waals surface area contributed by atoms with Gasteiger partial charge < -0.3 is 15.2 Å². The van der Waals surface area contributed by atoms with Crippen molar-refractivity contribution in [1.82, 2.24) is 5.32 Å². The molecule has 0 aliphatic carbocycles. The highest BCUT2D eigenvalue weighted by Gasteiger charge is 2.38. The molecule has 0 aromatic heterocycles. The molecule has 3 rings (SSSR count). The van der Waals surface area contributed by atoms with Crippen molar-refractivity contribution < 1.29 is 19.4 Å². The van der Waals surface area contributed by atoms with Crippen LogP contribution in [0.4, 0.5) is 0 Å². The number of carboxylic acids is 1. The molecule has 1 atom stereocenters. The smallest absolute Gasteiger partial charge is 0.305 e. The number of aliphatic carboxylic acids is 1. The molecule has 1 fully saturated rings. The summed E-state index contributed by atoms with van der Waals surface area (Å²) in [6.45, 7) is 0.698. The summed E-state index contributed by atoms with van der Waals surface area (Å²) in [5.74, 6) is -1.21. The number of ether oxygens (including phenoxy) is 1. The van der Waals surface area contributed by atoms with Crippen molar-refractivity contribution in [1.29, 1.82) is 0 Å². The number of hydrogen-bond acceptors (Lipinski definition) is 3. The molecule has 22 heavy (non-hydrogen) atoms. The van der Waals surface area contributed by atoms with Crippen LogP contribution < -0.4 is 5.32 Å². The normalized spacial score (nSPS) is 20.9. The Kier molecular flexibility index (Phi) is 3.81. The van der Waals surface area contributed by atoms with Crippen LogP contribution in [0.5, 0.6) is 0 Å². The van der Waals surface area contributed by atoms with Crippen LogP contribution in [0.25, 0.3) is 10.8 Å². The number of rotatable bonds is 4.